The van der Waals surface area contributed by atoms with E-state index >= 15 is 0 Å². The van der Waals surface area contributed by atoms with Crippen LogP contribution >= 0.6 is 46.4 Å². The van der Waals surface area contributed by atoms with Crippen LogP contribution < -0.4 is 10.7 Å². The van der Waals surface area contributed by atoms with E-state index in [1.54, 1.807) is 6.07 Å². The van der Waals surface area contributed by atoms with Crippen molar-refractivity contribution < 1.29 is 9.59 Å². The molecule has 0 atom stereocenters. The zero-order valence-electron chi connectivity index (χ0n) is 16.3. The second-order valence-electron chi connectivity index (χ2n) is 6.55. The van der Waals surface area contributed by atoms with Crippen LogP contribution in [-0.4, -0.2) is 22.6 Å². The van der Waals surface area contributed by atoms with Crippen molar-refractivity contribution in [2.24, 2.45) is 5.10 Å². The number of anilines is 1. The van der Waals surface area contributed by atoms with Crippen molar-refractivity contribution in [1.82, 2.24) is 9.99 Å². The maximum atomic E-state index is 12.0. The molecule has 0 unspecified atom stereocenters. The average molecular weight is 498 g/mol. The summed E-state index contributed by atoms with van der Waals surface area (Å²) < 4.78 is 1.92. The van der Waals surface area contributed by atoms with Gasteiger partial charge in [0.05, 0.1) is 21.9 Å². The highest BCUT2D eigenvalue weighted by Gasteiger charge is 2.15. The zero-order valence-corrected chi connectivity index (χ0v) is 19.4. The number of aryl methyl sites for hydroxylation is 1. The van der Waals surface area contributed by atoms with Crippen LogP contribution in [0, 0.1) is 13.8 Å². The Bertz CT molecular complexity index is 1180. The number of aromatic nitrogens is 1. The third kappa shape index (κ3) is 5.40. The predicted molar refractivity (Wildman–Crippen MR) is 126 cm³/mol. The maximum Gasteiger partial charge on any atom is 0.329 e. The van der Waals surface area contributed by atoms with E-state index in [-0.39, 0.29) is 0 Å². The van der Waals surface area contributed by atoms with Crippen LogP contribution in [0.3, 0.4) is 0 Å². The zero-order chi connectivity index (χ0) is 22.7. The fourth-order valence-corrected chi connectivity index (χ4v) is 3.89. The minimum absolute atomic E-state index is 0.295. The highest BCUT2D eigenvalue weighted by molar-refractivity contribution is 6.43. The summed E-state index contributed by atoms with van der Waals surface area (Å²) in [5.41, 5.74) is 5.67. The topological polar surface area (TPSA) is 75.5 Å². The largest absolute Gasteiger partial charge is 0.329 e. The molecule has 160 valence electrons. The first-order valence-electron chi connectivity index (χ1n) is 8.91. The van der Waals surface area contributed by atoms with Crippen molar-refractivity contribution in [3.05, 3.63) is 79.5 Å². The molecule has 0 aliphatic carbocycles. The van der Waals surface area contributed by atoms with Crippen molar-refractivity contribution >= 4 is 70.1 Å². The molecule has 0 aliphatic rings. The summed E-state index contributed by atoms with van der Waals surface area (Å²) in [4.78, 5) is 24.1. The van der Waals surface area contributed by atoms with Gasteiger partial charge in [-0.2, -0.15) is 5.10 Å². The molecule has 31 heavy (non-hydrogen) atoms. The number of carbonyl (C=O) groups excluding carboxylic acids is 2. The SMILES string of the molecule is Cc1cc(/C=N\NC(=O)C(=O)Nc2cc(Cl)cc(Cl)c2)c(C)n1-c1cccc(Cl)c1Cl. The van der Waals surface area contributed by atoms with Gasteiger partial charge >= 0.3 is 11.8 Å². The third-order valence-corrected chi connectivity index (χ3v) is 5.58. The second kappa shape index (κ2) is 9.75. The molecule has 0 bridgehead atoms. The van der Waals surface area contributed by atoms with Gasteiger partial charge in [-0.15, -0.1) is 0 Å². The summed E-state index contributed by atoms with van der Waals surface area (Å²) >= 11 is 24.2. The number of rotatable bonds is 4. The van der Waals surface area contributed by atoms with E-state index in [0.29, 0.717) is 25.8 Å². The molecule has 2 N–H and O–H groups in total. The molecule has 0 fully saturated rings. The Labute approximate surface area is 198 Å². The highest BCUT2D eigenvalue weighted by atomic mass is 35.5. The Balaban J connectivity index is 1.72. The number of nitrogens with zero attached hydrogens (tertiary/aromatic N) is 2. The smallest absolute Gasteiger partial charge is 0.318 e. The third-order valence-electron chi connectivity index (χ3n) is 4.34. The van der Waals surface area contributed by atoms with Crippen molar-refractivity contribution in [3.8, 4) is 5.69 Å². The molecule has 0 saturated carbocycles. The van der Waals surface area contributed by atoms with Crippen LogP contribution in [0.15, 0.2) is 47.6 Å². The molecule has 0 saturated heterocycles. The number of amides is 2. The fourth-order valence-electron chi connectivity index (χ4n) is 2.98. The van der Waals surface area contributed by atoms with Crippen LogP contribution in [0.5, 0.6) is 0 Å². The number of nitrogens with one attached hydrogen (secondary N) is 2. The van der Waals surface area contributed by atoms with Crippen molar-refractivity contribution in [3.63, 3.8) is 0 Å². The molecule has 1 heterocycles. The van der Waals surface area contributed by atoms with Crippen LogP contribution in [0.25, 0.3) is 5.69 Å². The lowest BCUT2D eigenvalue weighted by Gasteiger charge is -2.12. The van der Waals surface area contributed by atoms with Crippen LogP contribution in [-0.2, 0) is 9.59 Å². The number of benzene rings is 2. The lowest BCUT2D eigenvalue weighted by molar-refractivity contribution is -0.136. The Morgan fingerprint density at radius 1 is 0.968 bits per heavy atom. The molecular weight excluding hydrogens is 482 g/mol. The lowest BCUT2D eigenvalue weighted by atomic mass is 10.2. The number of hydrogen-bond donors (Lipinski definition) is 2. The molecule has 3 rings (SSSR count). The van der Waals surface area contributed by atoms with E-state index in [1.165, 1.54) is 24.4 Å². The van der Waals surface area contributed by atoms with Crippen molar-refractivity contribution in [2.75, 3.05) is 5.32 Å². The normalized spacial score (nSPS) is 11.0. The van der Waals surface area contributed by atoms with Gasteiger partial charge in [0.1, 0.15) is 0 Å². The van der Waals surface area contributed by atoms with E-state index in [1.807, 2.05) is 36.6 Å². The predicted octanol–water partition coefficient (Wildman–Crippen LogP) is 5.80. The second-order valence-corrected chi connectivity index (χ2v) is 8.20. The highest BCUT2D eigenvalue weighted by Crippen LogP contribution is 2.31. The van der Waals surface area contributed by atoms with Gasteiger partial charge in [-0.25, -0.2) is 5.43 Å². The first-order valence-corrected chi connectivity index (χ1v) is 10.4. The summed E-state index contributed by atoms with van der Waals surface area (Å²) in [6.07, 6.45) is 1.44. The van der Waals surface area contributed by atoms with Gasteiger partial charge in [-0.1, -0.05) is 52.5 Å². The molecule has 3 aromatic rings. The number of carbonyl (C=O) groups is 2. The van der Waals surface area contributed by atoms with Crippen LogP contribution in [0.2, 0.25) is 20.1 Å². The summed E-state index contributed by atoms with van der Waals surface area (Å²) in [5.74, 6) is -1.86. The molecule has 0 aliphatic heterocycles. The average Bonchev–Trinajstić information content (AvgIpc) is 2.96. The minimum Gasteiger partial charge on any atom is -0.318 e. The Morgan fingerprint density at radius 2 is 1.65 bits per heavy atom. The van der Waals surface area contributed by atoms with Gasteiger partial charge in [0.25, 0.3) is 0 Å². The molecular formula is C21H16Cl4N4O2. The Kier molecular flexibility index (Phi) is 7.28. The van der Waals surface area contributed by atoms with Gasteiger partial charge in [-0.05, 0) is 50.2 Å². The molecule has 10 heteroatoms. The van der Waals surface area contributed by atoms with E-state index in [4.69, 9.17) is 46.4 Å². The van der Waals surface area contributed by atoms with Crippen LogP contribution in [0.4, 0.5) is 5.69 Å². The first-order chi connectivity index (χ1) is 14.7. The summed E-state index contributed by atoms with van der Waals surface area (Å²) in [6.45, 7) is 3.78. The molecule has 2 aromatic carbocycles. The standard InChI is InChI=1S/C21H16Cl4N4O2/c1-11-6-13(12(2)29(11)18-5-3-4-17(24)19(18)25)10-26-28-21(31)20(30)27-16-8-14(22)7-15(23)9-16/h3-10H,1-2H3,(H,27,30)(H,28,31)/b26-10-. The molecule has 2 amide bonds. The van der Waals surface area contributed by atoms with E-state index in [2.05, 4.69) is 15.8 Å². The summed E-state index contributed by atoms with van der Waals surface area (Å²) in [6, 6.07) is 11.7. The van der Waals surface area contributed by atoms with Gasteiger partial charge < -0.3 is 9.88 Å². The van der Waals surface area contributed by atoms with E-state index in [9.17, 15) is 9.59 Å². The number of hydrazone groups is 1. The van der Waals surface area contributed by atoms with Gasteiger partial charge in [-0.3, -0.25) is 9.59 Å². The van der Waals surface area contributed by atoms with Crippen molar-refractivity contribution in [1.29, 1.82) is 0 Å². The van der Waals surface area contributed by atoms with Gasteiger partial charge in [0.2, 0.25) is 0 Å². The summed E-state index contributed by atoms with van der Waals surface area (Å²) in [5, 5.41) is 7.82. The molecule has 1 aromatic heterocycles. The quantitative estimate of drug-likeness (QED) is 0.271. The first kappa shape index (κ1) is 23.2. The fraction of sp³-hybridized carbons (Fsp3) is 0.0952. The minimum atomic E-state index is -0.945. The van der Waals surface area contributed by atoms with E-state index < -0.39 is 11.8 Å². The number of halogens is 4. The molecule has 0 radical (unpaired) electrons. The van der Waals surface area contributed by atoms with Crippen LogP contribution in [0.1, 0.15) is 17.0 Å². The van der Waals surface area contributed by atoms with Gasteiger partial charge in [0, 0.05) is 32.7 Å². The lowest BCUT2D eigenvalue weighted by Crippen LogP contribution is -2.32. The maximum absolute atomic E-state index is 12.0. The van der Waals surface area contributed by atoms with Gasteiger partial charge in [0.15, 0.2) is 0 Å². The molecule has 6 nitrogen and oxygen atoms in total. The summed E-state index contributed by atoms with van der Waals surface area (Å²) in [7, 11) is 0. The molecule has 0 spiro atoms. The van der Waals surface area contributed by atoms with E-state index in [0.717, 1.165) is 22.6 Å². The monoisotopic (exact) mass is 496 g/mol. The number of hydrogen-bond acceptors (Lipinski definition) is 3. The Hall–Kier alpha value is -2.51. The Morgan fingerprint density at radius 3 is 2.32 bits per heavy atom. The van der Waals surface area contributed by atoms with Crippen molar-refractivity contribution in [2.45, 2.75) is 13.8 Å².